The average Bonchev–Trinajstić information content (AvgIpc) is 2.57. The molecule has 2 nitrogen and oxygen atoms in total. The number of Topliss-reactive ketones (excluding diaryl/α,β-unsaturated/α-hetero) is 1. The molecule has 3 aromatic carbocycles. The second-order valence-corrected chi connectivity index (χ2v) is 4.61. The van der Waals surface area contributed by atoms with E-state index in [-0.39, 0.29) is 11.2 Å². The molecule has 0 radical (unpaired) electrons. The topological polar surface area (TPSA) is 34.1 Å². The van der Waals surface area contributed by atoms with Crippen molar-refractivity contribution < 1.29 is 4.79 Å². The second kappa shape index (κ2) is 4.32. The summed E-state index contributed by atoms with van der Waals surface area (Å²) in [5, 5.41) is 3.06. The number of rotatable bonds is 1. The molecule has 0 spiro atoms. The minimum Gasteiger partial charge on any atom is -0.295 e. The molecule has 0 saturated carbocycles. The molecule has 0 aromatic heterocycles. The third-order valence-electron chi connectivity index (χ3n) is 3.35. The minimum absolute atomic E-state index is 0.00501. The third kappa shape index (κ3) is 1.91. The molecule has 0 N–H and O–H groups in total. The second-order valence-electron chi connectivity index (χ2n) is 4.61. The zero-order valence-electron chi connectivity index (χ0n) is 10.5. The zero-order valence-corrected chi connectivity index (χ0v) is 10.5. The number of carbonyl (C=O) groups excluding carboxylic acids is 1. The summed E-state index contributed by atoms with van der Waals surface area (Å²) in [6, 6.07) is 16.6. The molecule has 92 valence electrons. The number of fused-ring (bicyclic) bond motifs is 2. The van der Waals surface area contributed by atoms with Gasteiger partial charge in [-0.1, -0.05) is 42.5 Å². The van der Waals surface area contributed by atoms with Crippen molar-refractivity contribution in [2.24, 2.45) is 0 Å². The highest BCUT2D eigenvalue weighted by Gasteiger charge is 2.04. The lowest BCUT2D eigenvalue weighted by Gasteiger charge is -1.96. The first-order valence-corrected chi connectivity index (χ1v) is 6.13. The van der Waals surface area contributed by atoms with Crippen molar-refractivity contribution in [3.8, 4) is 0 Å². The third-order valence-corrected chi connectivity index (χ3v) is 3.35. The van der Waals surface area contributed by atoms with E-state index in [4.69, 9.17) is 0 Å². The molecule has 3 aromatic rings. The summed E-state index contributed by atoms with van der Waals surface area (Å²) >= 11 is 0. The van der Waals surface area contributed by atoms with Gasteiger partial charge in [-0.25, -0.2) is 0 Å². The van der Waals surface area contributed by atoms with Crippen molar-refractivity contribution in [1.29, 1.82) is 0 Å². The molecule has 0 amide bonds. The molecule has 0 aliphatic carbocycles. The molecule has 0 fully saturated rings. The van der Waals surface area contributed by atoms with Gasteiger partial charge in [-0.15, -0.1) is 0 Å². The molecule has 0 aliphatic heterocycles. The van der Waals surface area contributed by atoms with Gasteiger partial charge < -0.3 is 0 Å². The quantitative estimate of drug-likeness (QED) is 0.617. The summed E-state index contributed by atoms with van der Waals surface area (Å²) in [6.07, 6.45) is 0. The fraction of sp³-hybridized carbons (Fsp3) is 0.0588. The Morgan fingerprint density at radius 2 is 1.53 bits per heavy atom. The van der Waals surface area contributed by atoms with Gasteiger partial charge in [0.05, 0.1) is 0 Å². The summed E-state index contributed by atoms with van der Waals surface area (Å²) in [5.41, 5.74) is 0.632. The highest BCUT2D eigenvalue weighted by Crippen LogP contribution is 2.17. The van der Waals surface area contributed by atoms with Gasteiger partial charge in [0.2, 0.25) is 0 Å². The van der Waals surface area contributed by atoms with Gasteiger partial charge >= 0.3 is 0 Å². The minimum atomic E-state index is 0.00501. The standard InChI is InChI=1S/C17H12O2/c1-11(18)13-8-9-16-14(10-13)7-6-12-4-2-3-5-15(12)17(16)19/h2-10H,1H3. The van der Waals surface area contributed by atoms with Crippen molar-refractivity contribution in [1.82, 2.24) is 0 Å². The predicted molar refractivity (Wildman–Crippen MR) is 77.7 cm³/mol. The van der Waals surface area contributed by atoms with Gasteiger partial charge in [-0.05, 0) is 29.8 Å². The summed E-state index contributed by atoms with van der Waals surface area (Å²) in [6.45, 7) is 1.53. The maximum Gasteiger partial charge on any atom is 0.194 e. The maximum absolute atomic E-state index is 12.5. The Kier molecular flexibility index (Phi) is 2.64. The van der Waals surface area contributed by atoms with Gasteiger partial charge in [0.25, 0.3) is 0 Å². The van der Waals surface area contributed by atoms with E-state index in [1.807, 2.05) is 36.4 Å². The number of ketones is 1. The molecule has 19 heavy (non-hydrogen) atoms. The lowest BCUT2D eigenvalue weighted by Crippen LogP contribution is -1.99. The summed E-state index contributed by atoms with van der Waals surface area (Å²) < 4.78 is 0. The average molecular weight is 248 g/mol. The van der Waals surface area contributed by atoms with Crippen LogP contribution in [0.2, 0.25) is 0 Å². The summed E-state index contributed by atoms with van der Waals surface area (Å²) in [7, 11) is 0. The SMILES string of the molecule is CC(=O)c1ccc2c(=O)c3ccccc3ccc2c1. The summed E-state index contributed by atoms with van der Waals surface area (Å²) in [4.78, 5) is 23.9. The fourth-order valence-electron chi connectivity index (χ4n) is 2.30. The van der Waals surface area contributed by atoms with Crippen molar-refractivity contribution in [2.45, 2.75) is 6.92 Å². The van der Waals surface area contributed by atoms with E-state index < -0.39 is 0 Å². The van der Waals surface area contributed by atoms with Gasteiger partial charge in [0.1, 0.15) is 0 Å². The van der Waals surface area contributed by atoms with Crippen LogP contribution in [0.15, 0.2) is 59.4 Å². The smallest absolute Gasteiger partial charge is 0.194 e. The van der Waals surface area contributed by atoms with Crippen LogP contribution in [0.4, 0.5) is 0 Å². The van der Waals surface area contributed by atoms with E-state index in [1.54, 1.807) is 18.2 Å². The Hall–Kier alpha value is -2.48. The molecule has 0 bridgehead atoms. The first-order chi connectivity index (χ1) is 9.16. The van der Waals surface area contributed by atoms with Crippen LogP contribution < -0.4 is 5.43 Å². The molecule has 0 aliphatic rings. The van der Waals surface area contributed by atoms with Gasteiger partial charge in [0.15, 0.2) is 11.2 Å². The Balaban J connectivity index is 2.51. The normalized spacial score (nSPS) is 10.8. The Bertz CT molecular complexity index is 863. The number of hydrogen-bond donors (Lipinski definition) is 0. The molecule has 3 rings (SSSR count). The van der Waals surface area contributed by atoms with Gasteiger partial charge in [0, 0.05) is 16.3 Å². The lowest BCUT2D eigenvalue weighted by atomic mass is 10.1. The van der Waals surface area contributed by atoms with Gasteiger partial charge in [-0.3, -0.25) is 9.59 Å². The monoisotopic (exact) mass is 248 g/mol. The maximum atomic E-state index is 12.5. The van der Waals surface area contributed by atoms with Crippen molar-refractivity contribution >= 4 is 27.3 Å². The number of hydrogen-bond acceptors (Lipinski definition) is 2. The highest BCUT2D eigenvalue weighted by atomic mass is 16.1. The molecule has 0 heterocycles. The van der Waals surface area contributed by atoms with Crippen LogP contribution in [0.25, 0.3) is 21.5 Å². The lowest BCUT2D eigenvalue weighted by molar-refractivity contribution is 0.101. The first kappa shape index (κ1) is 11.6. The highest BCUT2D eigenvalue weighted by molar-refractivity contribution is 6.00. The zero-order chi connectivity index (χ0) is 13.4. The molecule has 0 atom stereocenters. The van der Waals surface area contributed by atoms with E-state index in [9.17, 15) is 9.59 Å². The van der Waals surface area contributed by atoms with Crippen LogP contribution in [0.1, 0.15) is 17.3 Å². The van der Waals surface area contributed by atoms with Gasteiger partial charge in [-0.2, -0.15) is 0 Å². The van der Waals surface area contributed by atoms with Crippen LogP contribution in [0.5, 0.6) is 0 Å². The molecular formula is C17H12O2. The number of carbonyl (C=O) groups is 1. The van der Waals surface area contributed by atoms with Crippen LogP contribution in [-0.2, 0) is 0 Å². The number of benzene rings is 2. The van der Waals surface area contributed by atoms with Crippen LogP contribution in [0.3, 0.4) is 0 Å². The Labute approximate surface area is 110 Å². The largest absolute Gasteiger partial charge is 0.295 e. The first-order valence-electron chi connectivity index (χ1n) is 6.13. The van der Waals surface area contributed by atoms with Crippen molar-refractivity contribution in [3.05, 3.63) is 70.4 Å². The molecule has 0 unspecified atom stereocenters. The summed E-state index contributed by atoms with van der Waals surface area (Å²) in [5.74, 6) is 0.00501. The van der Waals surface area contributed by atoms with E-state index in [2.05, 4.69) is 0 Å². The Morgan fingerprint density at radius 1 is 0.842 bits per heavy atom. The van der Waals surface area contributed by atoms with Crippen LogP contribution >= 0.6 is 0 Å². The van der Waals surface area contributed by atoms with E-state index in [0.29, 0.717) is 16.3 Å². The van der Waals surface area contributed by atoms with Crippen LogP contribution in [0, 0.1) is 0 Å². The fourth-order valence-corrected chi connectivity index (χ4v) is 2.30. The van der Waals surface area contributed by atoms with Crippen LogP contribution in [-0.4, -0.2) is 5.78 Å². The van der Waals surface area contributed by atoms with E-state index >= 15 is 0 Å². The molecular weight excluding hydrogens is 236 g/mol. The predicted octanol–water partition coefficient (Wildman–Crippen LogP) is 3.56. The molecule has 2 heteroatoms. The van der Waals surface area contributed by atoms with Crippen molar-refractivity contribution in [2.75, 3.05) is 0 Å². The van der Waals surface area contributed by atoms with E-state index in [1.165, 1.54) is 6.92 Å². The Morgan fingerprint density at radius 3 is 2.32 bits per heavy atom. The van der Waals surface area contributed by atoms with Crippen molar-refractivity contribution in [3.63, 3.8) is 0 Å². The molecule has 0 saturated heterocycles. The van der Waals surface area contributed by atoms with E-state index in [0.717, 1.165) is 10.8 Å².